The quantitative estimate of drug-likeness (QED) is 0.459. The van der Waals surface area contributed by atoms with Crippen LogP contribution in [0.4, 0.5) is 5.69 Å². The molecule has 2 aromatic carbocycles. The number of amides is 1. The summed E-state index contributed by atoms with van der Waals surface area (Å²) in [5.41, 5.74) is 3.49. The average Bonchev–Trinajstić information content (AvgIpc) is 3.19. The molecular formula is C22H20N4O2S. The number of hydrogen-bond acceptors (Lipinski definition) is 5. The van der Waals surface area contributed by atoms with Crippen molar-refractivity contribution in [1.82, 2.24) is 14.6 Å². The molecule has 7 heteroatoms. The van der Waals surface area contributed by atoms with E-state index in [4.69, 9.17) is 4.74 Å². The lowest BCUT2D eigenvalue weighted by Gasteiger charge is -2.05. The first kappa shape index (κ1) is 19.0. The SMILES string of the molecule is CCOc1ccc(-c2cc3c(SCC(=O)Nc4ccccc4)nccn3n2)cc1. The second kappa shape index (κ2) is 8.79. The van der Waals surface area contributed by atoms with Crippen LogP contribution in [-0.2, 0) is 4.79 Å². The summed E-state index contributed by atoms with van der Waals surface area (Å²) < 4.78 is 7.28. The largest absolute Gasteiger partial charge is 0.494 e. The lowest BCUT2D eigenvalue weighted by molar-refractivity contribution is -0.113. The Balaban J connectivity index is 1.49. The van der Waals surface area contributed by atoms with E-state index >= 15 is 0 Å². The van der Waals surface area contributed by atoms with E-state index in [-0.39, 0.29) is 11.7 Å². The molecule has 1 amide bonds. The number of carbonyl (C=O) groups is 1. The standard InChI is InChI=1S/C22H20N4O2S/c1-2-28-18-10-8-16(9-11-18)19-14-20-22(23-12-13-26(20)25-19)29-15-21(27)24-17-6-4-3-5-7-17/h3-14H,2,15H2,1H3,(H,24,27). The number of thioether (sulfide) groups is 1. The summed E-state index contributed by atoms with van der Waals surface area (Å²) in [5.74, 6) is 1.03. The highest BCUT2D eigenvalue weighted by Crippen LogP contribution is 2.27. The second-order valence-corrected chi connectivity index (χ2v) is 7.22. The maximum Gasteiger partial charge on any atom is 0.234 e. The van der Waals surface area contributed by atoms with Crippen LogP contribution in [-0.4, -0.2) is 32.9 Å². The van der Waals surface area contributed by atoms with Crippen LogP contribution in [0, 0.1) is 0 Å². The number of carbonyl (C=O) groups excluding carboxylic acids is 1. The molecular weight excluding hydrogens is 384 g/mol. The molecule has 6 nitrogen and oxygen atoms in total. The maximum atomic E-state index is 12.2. The third-order valence-corrected chi connectivity index (χ3v) is 5.21. The van der Waals surface area contributed by atoms with Crippen molar-refractivity contribution in [3.8, 4) is 17.0 Å². The zero-order valence-electron chi connectivity index (χ0n) is 15.9. The Morgan fingerprint density at radius 3 is 2.69 bits per heavy atom. The Bertz CT molecular complexity index is 1110. The summed E-state index contributed by atoms with van der Waals surface area (Å²) in [7, 11) is 0. The number of rotatable bonds is 7. The zero-order chi connectivity index (χ0) is 20.1. The van der Waals surface area contributed by atoms with Crippen molar-refractivity contribution in [2.24, 2.45) is 0 Å². The van der Waals surface area contributed by atoms with Gasteiger partial charge in [0.25, 0.3) is 0 Å². The van der Waals surface area contributed by atoms with Gasteiger partial charge in [0, 0.05) is 23.6 Å². The Morgan fingerprint density at radius 1 is 1.14 bits per heavy atom. The van der Waals surface area contributed by atoms with E-state index in [9.17, 15) is 4.79 Å². The van der Waals surface area contributed by atoms with Gasteiger partial charge in [0.15, 0.2) is 0 Å². The minimum atomic E-state index is -0.0729. The third kappa shape index (κ3) is 4.57. The molecule has 0 radical (unpaired) electrons. The van der Waals surface area contributed by atoms with Crippen molar-refractivity contribution in [3.63, 3.8) is 0 Å². The molecule has 0 aliphatic rings. The molecule has 0 aliphatic heterocycles. The fourth-order valence-electron chi connectivity index (χ4n) is 2.89. The number of fused-ring (bicyclic) bond motifs is 1. The lowest BCUT2D eigenvalue weighted by atomic mass is 10.1. The van der Waals surface area contributed by atoms with E-state index < -0.39 is 0 Å². The van der Waals surface area contributed by atoms with Crippen LogP contribution in [0.3, 0.4) is 0 Å². The van der Waals surface area contributed by atoms with E-state index in [0.29, 0.717) is 6.61 Å². The molecule has 2 heterocycles. The fourth-order valence-corrected chi connectivity index (χ4v) is 3.67. The molecule has 0 unspecified atom stereocenters. The van der Waals surface area contributed by atoms with Crippen molar-refractivity contribution >= 4 is 28.9 Å². The molecule has 0 spiro atoms. The number of nitrogens with one attached hydrogen (secondary N) is 1. The summed E-state index contributed by atoms with van der Waals surface area (Å²) in [4.78, 5) is 16.7. The van der Waals surface area contributed by atoms with Crippen molar-refractivity contribution in [2.75, 3.05) is 17.7 Å². The summed E-state index contributed by atoms with van der Waals surface area (Å²) in [6.45, 7) is 2.60. The highest BCUT2D eigenvalue weighted by molar-refractivity contribution is 8.00. The summed E-state index contributed by atoms with van der Waals surface area (Å²) in [6, 6.07) is 19.2. The van der Waals surface area contributed by atoms with E-state index in [1.54, 1.807) is 10.7 Å². The predicted molar refractivity (Wildman–Crippen MR) is 115 cm³/mol. The van der Waals surface area contributed by atoms with Crippen LogP contribution in [0.2, 0.25) is 0 Å². The van der Waals surface area contributed by atoms with Crippen LogP contribution in [0.25, 0.3) is 16.8 Å². The number of aromatic nitrogens is 3. The van der Waals surface area contributed by atoms with Gasteiger partial charge in [-0.3, -0.25) is 4.79 Å². The number of ether oxygens (including phenoxy) is 1. The molecule has 4 aromatic rings. The van der Waals surface area contributed by atoms with Crippen LogP contribution in [0.5, 0.6) is 5.75 Å². The van der Waals surface area contributed by atoms with Crippen LogP contribution >= 0.6 is 11.8 Å². The lowest BCUT2D eigenvalue weighted by Crippen LogP contribution is -2.14. The molecule has 4 rings (SSSR count). The van der Waals surface area contributed by atoms with Gasteiger partial charge in [-0.05, 0) is 49.4 Å². The van der Waals surface area contributed by atoms with E-state index in [0.717, 1.165) is 33.2 Å². The normalized spacial score (nSPS) is 10.8. The van der Waals surface area contributed by atoms with Crippen molar-refractivity contribution in [2.45, 2.75) is 11.9 Å². The predicted octanol–water partition coefficient (Wildman–Crippen LogP) is 4.53. The van der Waals surface area contributed by atoms with Crippen molar-refractivity contribution < 1.29 is 9.53 Å². The first-order valence-corrected chi connectivity index (χ1v) is 10.3. The number of nitrogens with zero attached hydrogens (tertiary/aromatic N) is 3. The smallest absolute Gasteiger partial charge is 0.234 e. The Labute approximate surface area is 172 Å². The highest BCUT2D eigenvalue weighted by atomic mass is 32.2. The Morgan fingerprint density at radius 2 is 1.93 bits per heavy atom. The van der Waals surface area contributed by atoms with Crippen LogP contribution in [0.15, 0.2) is 78.1 Å². The second-order valence-electron chi connectivity index (χ2n) is 6.25. The molecule has 0 saturated heterocycles. The molecule has 2 aromatic heterocycles. The molecule has 0 fully saturated rings. The van der Waals surface area contributed by atoms with Gasteiger partial charge in [-0.15, -0.1) is 0 Å². The number of benzene rings is 2. The molecule has 0 bridgehead atoms. The summed E-state index contributed by atoms with van der Waals surface area (Å²) in [6.07, 6.45) is 3.50. The minimum Gasteiger partial charge on any atom is -0.494 e. The van der Waals surface area contributed by atoms with Crippen molar-refractivity contribution in [1.29, 1.82) is 0 Å². The maximum absolute atomic E-state index is 12.2. The van der Waals surface area contributed by atoms with E-state index in [1.165, 1.54) is 11.8 Å². The number of para-hydroxylation sites is 1. The summed E-state index contributed by atoms with van der Waals surface area (Å²) >= 11 is 1.39. The fraction of sp³-hybridized carbons (Fsp3) is 0.136. The first-order chi connectivity index (χ1) is 14.2. The molecule has 0 saturated carbocycles. The molecule has 0 aliphatic carbocycles. The minimum absolute atomic E-state index is 0.0729. The Kier molecular flexibility index (Phi) is 5.76. The van der Waals surface area contributed by atoms with Gasteiger partial charge in [-0.1, -0.05) is 30.0 Å². The van der Waals surface area contributed by atoms with E-state index in [2.05, 4.69) is 15.4 Å². The van der Waals surface area contributed by atoms with Gasteiger partial charge in [0.1, 0.15) is 10.8 Å². The highest BCUT2D eigenvalue weighted by Gasteiger charge is 2.12. The molecule has 146 valence electrons. The van der Waals surface area contributed by atoms with Crippen molar-refractivity contribution in [3.05, 3.63) is 73.1 Å². The van der Waals surface area contributed by atoms with Gasteiger partial charge < -0.3 is 10.1 Å². The van der Waals surface area contributed by atoms with Gasteiger partial charge >= 0.3 is 0 Å². The average molecular weight is 404 g/mol. The summed E-state index contributed by atoms with van der Waals surface area (Å²) in [5, 5.41) is 8.29. The van der Waals surface area contributed by atoms with Gasteiger partial charge in [-0.2, -0.15) is 5.10 Å². The molecule has 1 N–H and O–H groups in total. The Hall–Kier alpha value is -3.32. The number of hydrogen-bond donors (Lipinski definition) is 1. The third-order valence-electron chi connectivity index (χ3n) is 4.21. The van der Waals surface area contributed by atoms with Gasteiger partial charge in [0.05, 0.1) is 23.6 Å². The van der Waals surface area contributed by atoms with Gasteiger partial charge in [-0.25, -0.2) is 9.50 Å². The van der Waals surface area contributed by atoms with E-state index in [1.807, 2.05) is 73.8 Å². The zero-order valence-corrected chi connectivity index (χ0v) is 16.7. The topological polar surface area (TPSA) is 68.5 Å². The van der Waals surface area contributed by atoms with Crippen LogP contribution in [0.1, 0.15) is 6.92 Å². The number of anilines is 1. The van der Waals surface area contributed by atoms with Crippen LogP contribution < -0.4 is 10.1 Å². The monoisotopic (exact) mass is 404 g/mol. The molecule has 0 atom stereocenters. The van der Waals surface area contributed by atoms with Gasteiger partial charge in [0.2, 0.25) is 5.91 Å². The molecule has 29 heavy (non-hydrogen) atoms. The first-order valence-electron chi connectivity index (χ1n) is 9.28.